The van der Waals surface area contributed by atoms with Gasteiger partial charge in [0.2, 0.25) is 5.75 Å². The van der Waals surface area contributed by atoms with Crippen LogP contribution >= 0.6 is 0 Å². The lowest BCUT2D eigenvalue weighted by Crippen LogP contribution is -2.25. The van der Waals surface area contributed by atoms with Crippen LogP contribution in [0.4, 0.5) is 0 Å². The minimum atomic E-state index is -0.669. The lowest BCUT2D eigenvalue weighted by Gasteiger charge is -2.20. The summed E-state index contributed by atoms with van der Waals surface area (Å²) in [5.74, 6) is -0.956. The van der Waals surface area contributed by atoms with E-state index in [-0.39, 0.29) is 22.6 Å². The van der Waals surface area contributed by atoms with Gasteiger partial charge in [0.15, 0.2) is 11.3 Å². The molecule has 0 spiro atoms. The van der Waals surface area contributed by atoms with Gasteiger partial charge < -0.3 is 9.47 Å². The summed E-state index contributed by atoms with van der Waals surface area (Å²) in [4.78, 5) is 34.5. The molecule has 2 bridgehead atoms. The molecule has 1 aromatic rings. The van der Waals surface area contributed by atoms with Gasteiger partial charge in [-0.05, 0) is 53.7 Å². The summed E-state index contributed by atoms with van der Waals surface area (Å²) in [6.45, 7) is 10.5. The zero-order valence-electron chi connectivity index (χ0n) is 13.6. The first kappa shape index (κ1) is 16.1. The molecule has 1 aliphatic rings. The first-order valence-electron chi connectivity index (χ1n) is 6.96. The normalized spacial score (nSPS) is 13.2. The second-order valence-electron chi connectivity index (χ2n) is 6.99. The number of rotatable bonds is 2. The molecule has 6 nitrogen and oxygen atoms in total. The van der Waals surface area contributed by atoms with E-state index in [9.17, 15) is 9.59 Å². The number of fused-ring (bicyclic) bond motifs is 2. The molecule has 0 saturated heterocycles. The van der Waals surface area contributed by atoms with Crippen molar-refractivity contribution >= 4 is 11.9 Å². The molecule has 120 valence electrons. The van der Waals surface area contributed by atoms with Gasteiger partial charge in [0, 0.05) is 0 Å². The molecule has 0 radical (unpaired) electrons. The van der Waals surface area contributed by atoms with E-state index in [1.165, 1.54) is 12.1 Å². The largest absolute Gasteiger partial charge is 0.456 e. The molecule has 0 fully saturated rings. The van der Waals surface area contributed by atoms with E-state index < -0.39 is 23.1 Å². The number of ether oxygens (including phenoxy) is 2. The molecule has 0 atom stereocenters. The third kappa shape index (κ3) is 3.50. The van der Waals surface area contributed by atoms with Crippen LogP contribution in [0.5, 0.6) is 11.5 Å². The fraction of sp³-hybridized carbons (Fsp3) is 0.500. The maximum absolute atomic E-state index is 12.3. The molecule has 22 heavy (non-hydrogen) atoms. The Morgan fingerprint density at radius 1 is 0.864 bits per heavy atom. The summed E-state index contributed by atoms with van der Waals surface area (Å²) in [7, 11) is 0. The van der Waals surface area contributed by atoms with E-state index >= 15 is 0 Å². The highest BCUT2D eigenvalue weighted by atomic mass is 17.2. The molecule has 1 aliphatic heterocycles. The van der Waals surface area contributed by atoms with E-state index in [4.69, 9.17) is 19.2 Å². The van der Waals surface area contributed by atoms with Crippen molar-refractivity contribution in [1.29, 1.82) is 0 Å². The quantitative estimate of drug-likeness (QED) is 0.617. The fourth-order valence-corrected chi connectivity index (χ4v) is 1.82. The van der Waals surface area contributed by atoms with Gasteiger partial charge in [0.1, 0.15) is 16.8 Å². The predicted molar refractivity (Wildman–Crippen MR) is 78.0 cm³/mol. The molecule has 0 aromatic heterocycles. The van der Waals surface area contributed by atoms with Crippen LogP contribution in [-0.2, 0) is 9.47 Å². The smallest absolute Gasteiger partial charge is 0.346 e. The van der Waals surface area contributed by atoms with E-state index in [2.05, 4.69) is 0 Å². The van der Waals surface area contributed by atoms with Gasteiger partial charge in [-0.3, -0.25) is 9.78 Å². The molecule has 0 amide bonds. The summed E-state index contributed by atoms with van der Waals surface area (Å²) in [6, 6.07) is 2.98. The third-order valence-corrected chi connectivity index (χ3v) is 2.56. The molecule has 0 saturated carbocycles. The van der Waals surface area contributed by atoms with E-state index in [0.717, 1.165) is 0 Å². The molecule has 2 rings (SSSR count). The van der Waals surface area contributed by atoms with Crippen LogP contribution in [-0.4, -0.2) is 23.1 Å². The van der Waals surface area contributed by atoms with Crippen molar-refractivity contribution in [2.45, 2.75) is 52.7 Å². The molecule has 1 aromatic carbocycles. The van der Waals surface area contributed by atoms with Crippen molar-refractivity contribution < 1.29 is 28.8 Å². The summed E-state index contributed by atoms with van der Waals surface area (Å²) in [5.41, 5.74) is -1.11. The Kier molecular flexibility index (Phi) is 3.81. The summed E-state index contributed by atoms with van der Waals surface area (Å²) < 4.78 is 10.6. The van der Waals surface area contributed by atoms with Crippen LogP contribution in [0.2, 0.25) is 0 Å². The van der Waals surface area contributed by atoms with Gasteiger partial charge in [-0.15, -0.1) is 0 Å². The van der Waals surface area contributed by atoms with Gasteiger partial charge in [-0.1, -0.05) is 0 Å². The minimum absolute atomic E-state index is 0.0287. The number of benzene rings is 1. The maximum Gasteiger partial charge on any atom is 0.346 e. The first-order valence-corrected chi connectivity index (χ1v) is 6.96. The Hall–Kier alpha value is -2.24. The van der Waals surface area contributed by atoms with E-state index in [1.54, 1.807) is 41.5 Å². The van der Waals surface area contributed by atoms with Crippen LogP contribution < -0.4 is 9.78 Å². The van der Waals surface area contributed by atoms with Gasteiger partial charge >= 0.3 is 11.9 Å². The van der Waals surface area contributed by atoms with Crippen molar-refractivity contribution in [3.8, 4) is 11.5 Å². The third-order valence-electron chi connectivity index (χ3n) is 2.56. The second kappa shape index (κ2) is 5.19. The van der Waals surface area contributed by atoms with Crippen molar-refractivity contribution in [3.05, 3.63) is 23.3 Å². The van der Waals surface area contributed by atoms with Crippen LogP contribution in [0.3, 0.4) is 0 Å². The highest BCUT2D eigenvalue weighted by molar-refractivity contribution is 6.03. The maximum atomic E-state index is 12.3. The monoisotopic (exact) mass is 308 g/mol. The zero-order chi connectivity index (χ0) is 16.7. The minimum Gasteiger partial charge on any atom is -0.456 e. The predicted octanol–water partition coefficient (Wildman–Crippen LogP) is 3.28. The second-order valence-corrected chi connectivity index (χ2v) is 6.99. The number of carbonyl (C=O) groups excluding carboxylic acids is 2. The van der Waals surface area contributed by atoms with Crippen molar-refractivity contribution in [3.63, 3.8) is 0 Å². The molecule has 0 aliphatic carbocycles. The van der Waals surface area contributed by atoms with Crippen molar-refractivity contribution in [2.75, 3.05) is 0 Å². The highest BCUT2D eigenvalue weighted by Gasteiger charge is 2.36. The van der Waals surface area contributed by atoms with E-state index in [1.807, 2.05) is 0 Å². The Balaban J connectivity index is 2.37. The number of carbonyl (C=O) groups is 2. The lowest BCUT2D eigenvalue weighted by atomic mass is 10.1. The van der Waals surface area contributed by atoms with Crippen LogP contribution in [0, 0.1) is 0 Å². The fourth-order valence-electron chi connectivity index (χ4n) is 1.82. The Bertz CT molecular complexity index is 619. The topological polar surface area (TPSA) is 71.1 Å². The summed E-state index contributed by atoms with van der Waals surface area (Å²) in [6.07, 6.45) is 0. The molecule has 0 N–H and O–H groups in total. The number of esters is 2. The average molecular weight is 308 g/mol. The number of hydrogen-bond acceptors (Lipinski definition) is 6. The van der Waals surface area contributed by atoms with Crippen LogP contribution in [0.25, 0.3) is 0 Å². The van der Waals surface area contributed by atoms with E-state index in [0.29, 0.717) is 0 Å². The molecular formula is C16H20O6. The van der Waals surface area contributed by atoms with Gasteiger partial charge in [0.25, 0.3) is 0 Å². The van der Waals surface area contributed by atoms with Crippen LogP contribution in [0.15, 0.2) is 12.1 Å². The Morgan fingerprint density at radius 3 is 1.95 bits per heavy atom. The first-order chi connectivity index (χ1) is 9.98. The van der Waals surface area contributed by atoms with Crippen LogP contribution in [0.1, 0.15) is 62.3 Å². The van der Waals surface area contributed by atoms with Gasteiger partial charge in [-0.2, -0.15) is 0 Å². The zero-order valence-corrected chi connectivity index (χ0v) is 13.6. The van der Waals surface area contributed by atoms with Crippen molar-refractivity contribution in [1.82, 2.24) is 0 Å². The molecular weight excluding hydrogens is 288 g/mol. The SMILES string of the molecule is CC(C)(C)OC(=O)c1ccc2c(C(=O)OC(C)(C)C)c1OO2. The average Bonchev–Trinajstić information content (AvgIpc) is 2.59. The lowest BCUT2D eigenvalue weighted by molar-refractivity contribution is -0.0856. The Labute approximate surface area is 129 Å². The molecule has 6 heteroatoms. The van der Waals surface area contributed by atoms with Gasteiger partial charge in [-0.25, -0.2) is 9.59 Å². The summed E-state index contributed by atoms with van der Waals surface area (Å²) in [5, 5.41) is 0. The molecule has 1 heterocycles. The van der Waals surface area contributed by atoms with Gasteiger partial charge in [0.05, 0.1) is 0 Å². The summed E-state index contributed by atoms with van der Waals surface area (Å²) >= 11 is 0. The number of hydrogen-bond donors (Lipinski definition) is 0. The molecule has 0 unspecified atom stereocenters. The Morgan fingerprint density at radius 2 is 1.41 bits per heavy atom. The van der Waals surface area contributed by atoms with Crippen molar-refractivity contribution in [2.24, 2.45) is 0 Å². The standard InChI is InChI=1S/C16H20O6/c1-15(2,3)19-13(17)9-7-8-10-11(12(9)22-21-10)14(18)20-16(4,5)6/h7-8H,1-6H3. The highest BCUT2D eigenvalue weighted by Crippen LogP contribution is 2.39.